The summed E-state index contributed by atoms with van der Waals surface area (Å²) in [7, 11) is 0. The first-order valence-electron chi connectivity index (χ1n) is 5.45. The van der Waals surface area contributed by atoms with Crippen LogP contribution in [0.3, 0.4) is 0 Å². The quantitative estimate of drug-likeness (QED) is 0.721. The van der Waals surface area contributed by atoms with E-state index in [4.69, 9.17) is 11.6 Å². The van der Waals surface area contributed by atoms with E-state index < -0.39 is 0 Å². The highest BCUT2D eigenvalue weighted by molar-refractivity contribution is 6.18. The number of halogens is 1. The minimum Gasteiger partial charge on any atom is -0.349 e. The monoisotopic (exact) mass is 217 g/mol. The Kier molecular flexibility index (Phi) is 4.24. The fraction of sp³-hybridized carbons (Fsp3) is 0.909. The van der Waals surface area contributed by atoms with Gasteiger partial charge in [-0.15, -0.1) is 11.6 Å². The molecule has 14 heavy (non-hydrogen) atoms. The average Bonchev–Trinajstić information content (AvgIpc) is 2.52. The van der Waals surface area contributed by atoms with Gasteiger partial charge in [-0.05, 0) is 18.8 Å². The minimum absolute atomic E-state index is 0.0898. The number of hydrogen-bond donors (Lipinski definition) is 1. The molecule has 0 saturated heterocycles. The predicted octanol–water partition coefficient (Wildman–Crippen LogP) is 2.70. The van der Waals surface area contributed by atoms with E-state index in [2.05, 4.69) is 19.2 Å². The molecule has 0 aliphatic heterocycles. The van der Waals surface area contributed by atoms with Crippen LogP contribution in [-0.4, -0.2) is 17.3 Å². The summed E-state index contributed by atoms with van der Waals surface area (Å²) >= 11 is 5.93. The number of carbonyl (C=O) groups is 1. The van der Waals surface area contributed by atoms with Gasteiger partial charge in [0.15, 0.2) is 0 Å². The SMILES string of the molecule is CC(C)CC(=O)NC1(CCl)CCCC1. The molecule has 0 unspecified atom stereocenters. The predicted molar refractivity (Wildman–Crippen MR) is 59.5 cm³/mol. The summed E-state index contributed by atoms with van der Waals surface area (Å²) in [6.07, 6.45) is 5.07. The fourth-order valence-electron chi connectivity index (χ4n) is 2.06. The molecule has 3 heteroatoms. The smallest absolute Gasteiger partial charge is 0.220 e. The van der Waals surface area contributed by atoms with Crippen LogP contribution < -0.4 is 5.32 Å². The molecule has 1 aliphatic carbocycles. The molecule has 0 aromatic carbocycles. The van der Waals surface area contributed by atoms with Crippen molar-refractivity contribution in [3.8, 4) is 0 Å². The molecule has 0 aromatic rings. The highest BCUT2D eigenvalue weighted by atomic mass is 35.5. The summed E-state index contributed by atoms with van der Waals surface area (Å²) < 4.78 is 0. The second kappa shape index (κ2) is 5.01. The van der Waals surface area contributed by atoms with Crippen molar-refractivity contribution in [2.75, 3.05) is 5.88 Å². The molecule has 0 aromatic heterocycles. The van der Waals surface area contributed by atoms with Gasteiger partial charge in [0.2, 0.25) is 5.91 Å². The molecule has 1 fully saturated rings. The van der Waals surface area contributed by atoms with Gasteiger partial charge in [0.05, 0.1) is 5.54 Å². The number of rotatable bonds is 4. The lowest BCUT2D eigenvalue weighted by Gasteiger charge is -2.28. The van der Waals surface area contributed by atoms with Crippen molar-refractivity contribution in [3.05, 3.63) is 0 Å². The van der Waals surface area contributed by atoms with Crippen LogP contribution in [0.1, 0.15) is 46.0 Å². The topological polar surface area (TPSA) is 29.1 Å². The molecular weight excluding hydrogens is 198 g/mol. The van der Waals surface area contributed by atoms with E-state index in [-0.39, 0.29) is 11.4 Å². The highest BCUT2D eigenvalue weighted by Crippen LogP contribution is 2.30. The van der Waals surface area contributed by atoms with Gasteiger partial charge in [0.1, 0.15) is 0 Å². The Morgan fingerprint density at radius 1 is 1.43 bits per heavy atom. The van der Waals surface area contributed by atoms with Crippen LogP contribution in [0.5, 0.6) is 0 Å². The van der Waals surface area contributed by atoms with E-state index in [1.54, 1.807) is 0 Å². The second-order valence-corrected chi connectivity index (χ2v) is 5.03. The van der Waals surface area contributed by atoms with Crippen LogP contribution in [0, 0.1) is 5.92 Å². The van der Waals surface area contributed by atoms with Crippen molar-refractivity contribution in [2.45, 2.75) is 51.5 Å². The Labute approximate surface area is 91.4 Å². The molecule has 1 rings (SSSR count). The van der Waals surface area contributed by atoms with Crippen molar-refractivity contribution in [1.29, 1.82) is 0 Å². The summed E-state index contributed by atoms with van der Waals surface area (Å²) in [5.41, 5.74) is -0.0898. The Morgan fingerprint density at radius 3 is 2.43 bits per heavy atom. The van der Waals surface area contributed by atoms with Crippen molar-refractivity contribution in [2.24, 2.45) is 5.92 Å². The van der Waals surface area contributed by atoms with Gasteiger partial charge < -0.3 is 5.32 Å². The zero-order chi connectivity index (χ0) is 10.6. The highest BCUT2D eigenvalue weighted by Gasteiger charge is 2.34. The first-order chi connectivity index (χ1) is 6.58. The zero-order valence-electron chi connectivity index (χ0n) is 9.11. The zero-order valence-corrected chi connectivity index (χ0v) is 9.86. The third kappa shape index (κ3) is 3.16. The number of nitrogens with one attached hydrogen (secondary N) is 1. The molecule has 0 atom stereocenters. The molecule has 0 heterocycles. The molecule has 0 radical (unpaired) electrons. The lowest BCUT2D eigenvalue weighted by atomic mass is 9.99. The summed E-state index contributed by atoms with van der Waals surface area (Å²) in [5.74, 6) is 1.13. The molecule has 2 nitrogen and oxygen atoms in total. The maximum atomic E-state index is 11.6. The summed E-state index contributed by atoms with van der Waals surface area (Å²) in [6.45, 7) is 4.11. The maximum absolute atomic E-state index is 11.6. The normalized spacial score (nSPS) is 20.0. The summed E-state index contributed by atoms with van der Waals surface area (Å²) in [4.78, 5) is 11.6. The summed E-state index contributed by atoms with van der Waals surface area (Å²) in [6, 6.07) is 0. The number of carbonyl (C=O) groups excluding carboxylic acids is 1. The first-order valence-corrected chi connectivity index (χ1v) is 5.98. The van der Waals surface area contributed by atoms with Crippen LogP contribution in [0.25, 0.3) is 0 Å². The first kappa shape index (κ1) is 11.8. The third-order valence-electron chi connectivity index (χ3n) is 2.81. The van der Waals surface area contributed by atoms with Gasteiger partial charge in [-0.25, -0.2) is 0 Å². The largest absolute Gasteiger partial charge is 0.349 e. The summed E-state index contributed by atoms with van der Waals surface area (Å²) in [5, 5.41) is 3.10. The van der Waals surface area contributed by atoms with Crippen LogP contribution in [0.15, 0.2) is 0 Å². The van der Waals surface area contributed by atoms with Gasteiger partial charge >= 0.3 is 0 Å². The van der Waals surface area contributed by atoms with Crippen LogP contribution >= 0.6 is 11.6 Å². The van der Waals surface area contributed by atoms with Gasteiger partial charge in [0.25, 0.3) is 0 Å². The van der Waals surface area contributed by atoms with Gasteiger partial charge in [-0.3, -0.25) is 4.79 Å². The maximum Gasteiger partial charge on any atom is 0.220 e. The average molecular weight is 218 g/mol. The van der Waals surface area contributed by atoms with Crippen LogP contribution in [0.4, 0.5) is 0 Å². The fourth-order valence-corrected chi connectivity index (χ4v) is 2.40. The molecule has 0 bridgehead atoms. The van der Waals surface area contributed by atoms with Crippen molar-refractivity contribution >= 4 is 17.5 Å². The second-order valence-electron chi connectivity index (χ2n) is 4.77. The number of hydrogen-bond acceptors (Lipinski definition) is 1. The molecule has 0 spiro atoms. The van der Waals surface area contributed by atoms with Gasteiger partial charge in [-0.1, -0.05) is 26.7 Å². The molecule has 1 saturated carbocycles. The number of alkyl halides is 1. The number of amides is 1. The molecule has 1 N–H and O–H groups in total. The van der Waals surface area contributed by atoms with Crippen molar-refractivity contribution in [1.82, 2.24) is 5.32 Å². The van der Waals surface area contributed by atoms with E-state index in [0.717, 1.165) is 12.8 Å². The molecule has 1 amide bonds. The van der Waals surface area contributed by atoms with E-state index in [1.165, 1.54) is 12.8 Å². The van der Waals surface area contributed by atoms with Gasteiger partial charge in [-0.2, -0.15) is 0 Å². The Hall–Kier alpha value is -0.240. The van der Waals surface area contributed by atoms with Gasteiger partial charge in [0, 0.05) is 12.3 Å². The Morgan fingerprint density at radius 2 is 2.00 bits per heavy atom. The molecule has 82 valence electrons. The minimum atomic E-state index is -0.0898. The van der Waals surface area contributed by atoms with E-state index in [0.29, 0.717) is 18.2 Å². The van der Waals surface area contributed by atoms with Crippen molar-refractivity contribution in [3.63, 3.8) is 0 Å². The Bertz CT molecular complexity index is 197. The van der Waals surface area contributed by atoms with E-state index in [9.17, 15) is 4.79 Å². The van der Waals surface area contributed by atoms with Crippen molar-refractivity contribution < 1.29 is 4.79 Å². The molecule has 1 aliphatic rings. The Balaban J connectivity index is 2.44. The van der Waals surface area contributed by atoms with E-state index in [1.807, 2.05) is 0 Å². The standard InChI is InChI=1S/C11H20ClNO/c1-9(2)7-10(14)13-11(8-12)5-3-4-6-11/h9H,3-8H2,1-2H3,(H,13,14). The lowest BCUT2D eigenvalue weighted by Crippen LogP contribution is -2.48. The van der Waals surface area contributed by atoms with Crippen LogP contribution in [0.2, 0.25) is 0 Å². The third-order valence-corrected chi connectivity index (χ3v) is 3.33. The van der Waals surface area contributed by atoms with E-state index >= 15 is 0 Å². The lowest BCUT2D eigenvalue weighted by molar-refractivity contribution is -0.123. The van der Waals surface area contributed by atoms with Crippen LogP contribution in [-0.2, 0) is 4.79 Å². The molecular formula is C11H20ClNO.